The lowest BCUT2D eigenvalue weighted by Gasteiger charge is -2.29. The number of rotatable bonds is 8. The minimum Gasteiger partial charge on any atom is -0.465 e. The Bertz CT molecular complexity index is 454. The lowest BCUT2D eigenvalue weighted by Crippen LogP contribution is -2.52. The molecule has 20 heavy (non-hydrogen) atoms. The smallest absolute Gasteiger partial charge is 0.326 e. The second-order valence-electron chi connectivity index (χ2n) is 5.61. The molecule has 112 valence electrons. The predicted octanol–water partition coefficient (Wildman–Crippen LogP) is 1.91. The zero-order valence-electron chi connectivity index (χ0n) is 12.7. The van der Waals surface area contributed by atoms with E-state index < -0.39 is 5.54 Å². The zero-order chi connectivity index (χ0) is 14.6. The van der Waals surface area contributed by atoms with E-state index in [4.69, 9.17) is 4.74 Å². The predicted molar refractivity (Wildman–Crippen MR) is 77.4 cm³/mol. The Morgan fingerprint density at radius 2 is 2.30 bits per heavy atom. The van der Waals surface area contributed by atoms with Gasteiger partial charge < -0.3 is 9.30 Å². The van der Waals surface area contributed by atoms with Crippen molar-refractivity contribution < 1.29 is 9.53 Å². The second kappa shape index (κ2) is 6.39. The summed E-state index contributed by atoms with van der Waals surface area (Å²) in [5.41, 5.74) is -0.605. The Labute approximate surface area is 120 Å². The molecule has 1 aromatic heterocycles. The minimum atomic E-state index is -0.605. The lowest BCUT2D eigenvalue weighted by atomic mass is 9.97. The molecule has 0 aromatic carbocycles. The van der Waals surface area contributed by atoms with E-state index in [-0.39, 0.29) is 5.97 Å². The van der Waals surface area contributed by atoms with Gasteiger partial charge in [-0.1, -0.05) is 6.92 Å². The summed E-state index contributed by atoms with van der Waals surface area (Å²) in [5.74, 6) is 0.910. The van der Waals surface area contributed by atoms with Crippen LogP contribution in [0.1, 0.15) is 45.9 Å². The van der Waals surface area contributed by atoms with Gasteiger partial charge in [-0.05, 0) is 33.1 Å². The van der Waals surface area contributed by atoms with Crippen molar-refractivity contribution in [3.63, 3.8) is 0 Å². The van der Waals surface area contributed by atoms with Crippen LogP contribution in [-0.4, -0.2) is 33.7 Å². The molecule has 5 heteroatoms. The van der Waals surface area contributed by atoms with Crippen LogP contribution in [0.3, 0.4) is 0 Å². The normalized spacial score (nSPS) is 17.8. The van der Waals surface area contributed by atoms with E-state index >= 15 is 0 Å². The van der Waals surface area contributed by atoms with Gasteiger partial charge in [-0.25, -0.2) is 4.98 Å². The Hall–Kier alpha value is -1.36. The largest absolute Gasteiger partial charge is 0.465 e. The first-order valence-corrected chi connectivity index (χ1v) is 7.54. The lowest BCUT2D eigenvalue weighted by molar-refractivity contribution is -0.151. The third kappa shape index (κ3) is 3.60. The number of aromatic nitrogens is 2. The summed E-state index contributed by atoms with van der Waals surface area (Å²) in [6.45, 7) is 7.09. The fourth-order valence-corrected chi connectivity index (χ4v) is 2.40. The maximum Gasteiger partial charge on any atom is 0.326 e. The van der Waals surface area contributed by atoms with Crippen LogP contribution in [0.25, 0.3) is 0 Å². The van der Waals surface area contributed by atoms with Gasteiger partial charge in [0.15, 0.2) is 0 Å². The summed E-state index contributed by atoms with van der Waals surface area (Å²) in [5, 5.41) is 3.44. The summed E-state index contributed by atoms with van der Waals surface area (Å²) < 4.78 is 7.35. The van der Waals surface area contributed by atoms with Gasteiger partial charge in [-0.2, -0.15) is 0 Å². The van der Waals surface area contributed by atoms with Crippen molar-refractivity contribution in [1.29, 1.82) is 0 Å². The van der Waals surface area contributed by atoms with Gasteiger partial charge in [0.05, 0.1) is 6.61 Å². The van der Waals surface area contributed by atoms with Crippen molar-refractivity contribution >= 4 is 5.97 Å². The van der Waals surface area contributed by atoms with Crippen LogP contribution in [0.15, 0.2) is 12.4 Å². The molecule has 1 heterocycles. The van der Waals surface area contributed by atoms with Crippen molar-refractivity contribution in [1.82, 2.24) is 14.9 Å². The molecule has 0 saturated heterocycles. The number of nitrogens with zero attached hydrogens (tertiary/aromatic N) is 2. The molecule has 1 unspecified atom stereocenters. The van der Waals surface area contributed by atoms with Crippen LogP contribution in [-0.2, 0) is 22.5 Å². The first-order chi connectivity index (χ1) is 9.59. The molecule has 0 bridgehead atoms. The highest BCUT2D eigenvalue weighted by Gasteiger charge is 2.39. The highest BCUT2D eigenvalue weighted by Crippen LogP contribution is 2.25. The Balaban J connectivity index is 2.01. The highest BCUT2D eigenvalue weighted by molar-refractivity contribution is 5.80. The van der Waals surface area contributed by atoms with Crippen LogP contribution >= 0.6 is 0 Å². The number of imidazole rings is 1. The molecule has 0 amide bonds. The maximum absolute atomic E-state index is 12.2. The van der Waals surface area contributed by atoms with E-state index in [1.807, 2.05) is 26.2 Å². The van der Waals surface area contributed by atoms with E-state index in [0.29, 0.717) is 19.1 Å². The first kappa shape index (κ1) is 15.0. The highest BCUT2D eigenvalue weighted by atomic mass is 16.5. The molecule has 2 rings (SSSR count). The number of hydrogen-bond acceptors (Lipinski definition) is 4. The molecule has 1 atom stereocenters. The van der Waals surface area contributed by atoms with Crippen molar-refractivity contribution in [3.8, 4) is 0 Å². The van der Waals surface area contributed by atoms with Crippen LogP contribution < -0.4 is 5.32 Å². The number of aryl methyl sites for hydroxylation is 2. The van der Waals surface area contributed by atoms with Crippen molar-refractivity contribution in [2.24, 2.45) is 0 Å². The SMILES string of the molecule is CCOC(=O)C(C)(CCn1ccnc1CC)NC1CC1. The Morgan fingerprint density at radius 1 is 1.55 bits per heavy atom. The minimum absolute atomic E-state index is 0.148. The summed E-state index contributed by atoms with van der Waals surface area (Å²) in [7, 11) is 0. The molecule has 0 radical (unpaired) electrons. The summed E-state index contributed by atoms with van der Waals surface area (Å²) in [6.07, 6.45) is 7.71. The molecular weight excluding hydrogens is 254 g/mol. The van der Waals surface area contributed by atoms with E-state index in [0.717, 1.165) is 31.6 Å². The summed E-state index contributed by atoms with van der Waals surface area (Å²) in [6, 6.07) is 0.470. The van der Waals surface area contributed by atoms with Gasteiger partial charge in [-0.3, -0.25) is 10.1 Å². The molecule has 5 nitrogen and oxygen atoms in total. The van der Waals surface area contributed by atoms with E-state index in [9.17, 15) is 4.79 Å². The van der Waals surface area contributed by atoms with Gasteiger partial charge in [0, 0.05) is 31.4 Å². The molecule has 1 fully saturated rings. The molecule has 1 aliphatic carbocycles. The summed E-state index contributed by atoms with van der Waals surface area (Å²) in [4.78, 5) is 16.5. The van der Waals surface area contributed by atoms with Gasteiger partial charge in [0.25, 0.3) is 0 Å². The fraction of sp³-hybridized carbons (Fsp3) is 0.733. The van der Waals surface area contributed by atoms with Gasteiger partial charge in [-0.15, -0.1) is 0 Å². The molecule has 0 aliphatic heterocycles. The molecule has 1 saturated carbocycles. The molecule has 1 aliphatic rings. The van der Waals surface area contributed by atoms with Crippen LogP contribution in [0.2, 0.25) is 0 Å². The first-order valence-electron chi connectivity index (χ1n) is 7.54. The number of carbonyl (C=O) groups excluding carboxylic acids is 1. The van der Waals surface area contributed by atoms with E-state index in [2.05, 4.69) is 21.8 Å². The van der Waals surface area contributed by atoms with Gasteiger partial charge >= 0.3 is 5.97 Å². The topological polar surface area (TPSA) is 56.2 Å². The van der Waals surface area contributed by atoms with Gasteiger partial charge in [0.2, 0.25) is 0 Å². The van der Waals surface area contributed by atoms with Gasteiger partial charge in [0.1, 0.15) is 11.4 Å². The van der Waals surface area contributed by atoms with Crippen LogP contribution in [0.5, 0.6) is 0 Å². The fourth-order valence-electron chi connectivity index (χ4n) is 2.40. The number of carbonyl (C=O) groups is 1. The third-order valence-electron chi connectivity index (χ3n) is 3.80. The van der Waals surface area contributed by atoms with Crippen molar-refractivity contribution in [3.05, 3.63) is 18.2 Å². The Kier molecular flexibility index (Phi) is 4.81. The second-order valence-corrected chi connectivity index (χ2v) is 5.61. The van der Waals surface area contributed by atoms with Crippen LogP contribution in [0, 0.1) is 0 Å². The van der Waals surface area contributed by atoms with E-state index in [1.54, 1.807) is 0 Å². The quantitative estimate of drug-likeness (QED) is 0.739. The molecular formula is C15H25N3O2. The average molecular weight is 279 g/mol. The monoisotopic (exact) mass is 279 g/mol. The zero-order valence-corrected chi connectivity index (χ0v) is 12.7. The average Bonchev–Trinajstić information content (AvgIpc) is 3.11. The van der Waals surface area contributed by atoms with Crippen LogP contribution in [0.4, 0.5) is 0 Å². The maximum atomic E-state index is 12.2. The number of nitrogens with one attached hydrogen (secondary N) is 1. The van der Waals surface area contributed by atoms with Crippen molar-refractivity contribution in [2.45, 2.75) is 64.6 Å². The summed E-state index contributed by atoms with van der Waals surface area (Å²) >= 11 is 0. The molecule has 0 spiro atoms. The number of ether oxygens (including phenoxy) is 1. The Morgan fingerprint density at radius 3 is 2.90 bits per heavy atom. The third-order valence-corrected chi connectivity index (χ3v) is 3.80. The van der Waals surface area contributed by atoms with E-state index in [1.165, 1.54) is 0 Å². The molecule has 1 aromatic rings. The number of hydrogen-bond donors (Lipinski definition) is 1. The van der Waals surface area contributed by atoms with Crippen molar-refractivity contribution in [2.75, 3.05) is 6.61 Å². The molecule has 1 N–H and O–H groups in total. The standard InChI is InChI=1S/C15H25N3O2/c1-4-13-16-9-11-18(13)10-8-15(3,14(19)20-5-2)17-12-6-7-12/h9,11-12,17H,4-8,10H2,1-3H3. The number of esters is 1.